The van der Waals surface area contributed by atoms with E-state index in [1.54, 1.807) is 12.1 Å². The quantitative estimate of drug-likeness (QED) is 0.0549. The molecule has 1 aromatic heterocycles. The number of carbonyl (C=O) groups is 8. The molecule has 502 valence electrons. The second kappa shape index (κ2) is 29.6. The van der Waals surface area contributed by atoms with Crippen molar-refractivity contribution in [1.82, 2.24) is 51.8 Å². The van der Waals surface area contributed by atoms with Crippen molar-refractivity contribution in [2.75, 3.05) is 32.7 Å². The van der Waals surface area contributed by atoms with Gasteiger partial charge in [0, 0.05) is 68.4 Å². The van der Waals surface area contributed by atoms with Crippen molar-refractivity contribution < 1.29 is 95.8 Å². The molecule has 32 heteroatoms. The Morgan fingerprint density at radius 2 is 1.47 bits per heavy atom. The van der Waals surface area contributed by atoms with Gasteiger partial charge in [-0.15, -0.1) is 0 Å². The van der Waals surface area contributed by atoms with Gasteiger partial charge in [-0.3, -0.25) is 42.9 Å². The second-order valence-electron chi connectivity index (χ2n) is 24.3. The molecule has 4 aromatic rings. The number of fused-ring (bicyclic) bond motifs is 2. The summed E-state index contributed by atoms with van der Waals surface area (Å²) in [5, 5.41) is 98.6. The number of rotatable bonds is 15. The van der Waals surface area contributed by atoms with Crippen molar-refractivity contribution in [2.45, 2.75) is 157 Å². The number of aliphatic hydroxyl groups excluding tert-OH is 6. The van der Waals surface area contributed by atoms with E-state index in [4.69, 9.17) is 15.2 Å². The van der Waals surface area contributed by atoms with Crippen LogP contribution in [0.3, 0.4) is 0 Å². The Morgan fingerprint density at radius 3 is 2.15 bits per heavy atom. The topological polar surface area (TPSA) is 485 Å². The monoisotopic (exact) mass is 1320 g/mol. The predicted molar refractivity (Wildman–Crippen MR) is 325 cm³/mol. The van der Waals surface area contributed by atoms with E-state index in [0.717, 1.165) is 77.3 Å². The summed E-state index contributed by atoms with van der Waals surface area (Å²) in [7, 11) is -5.25. The highest BCUT2D eigenvalue weighted by molar-refractivity contribution is 7.81. The van der Waals surface area contributed by atoms with E-state index < -0.39 is 193 Å². The Labute approximate surface area is 533 Å². The van der Waals surface area contributed by atoms with E-state index in [0.29, 0.717) is 42.4 Å². The van der Waals surface area contributed by atoms with Gasteiger partial charge in [-0.05, 0) is 84.8 Å². The summed E-state index contributed by atoms with van der Waals surface area (Å²) in [6, 6.07) is 3.34. The summed E-state index contributed by atoms with van der Waals surface area (Å²) in [6.07, 6.45) is -6.50. The lowest BCUT2D eigenvalue weighted by molar-refractivity contribution is -0.147. The molecule has 9 rings (SSSR count). The van der Waals surface area contributed by atoms with E-state index in [1.807, 2.05) is 36.4 Å². The minimum Gasteiger partial charge on any atom is -0.504 e. The minimum absolute atomic E-state index is 0.0790. The number of primary amides is 1. The largest absolute Gasteiger partial charge is 0.504 e. The molecule has 0 radical (unpaired) electrons. The molecule has 5 aliphatic rings. The van der Waals surface area contributed by atoms with Crippen LogP contribution in [0.25, 0.3) is 28.1 Å². The smallest absolute Gasteiger partial charge is 0.446 e. The fourth-order valence-electron chi connectivity index (χ4n) is 12.4. The maximum atomic E-state index is 14.9. The predicted octanol–water partition coefficient (Wildman–Crippen LogP) is -2.46. The zero-order chi connectivity index (χ0) is 67.2. The van der Waals surface area contributed by atoms with E-state index in [1.165, 1.54) is 13.3 Å². The van der Waals surface area contributed by atoms with Crippen LogP contribution < -0.4 is 41.8 Å². The first kappa shape index (κ1) is 68.9. The van der Waals surface area contributed by atoms with Gasteiger partial charge >= 0.3 is 10.4 Å². The summed E-state index contributed by atoms with van der Waals surface area (Å²) in [6.45, 7) is 1.75. The molecule has 1 saturated carbocycles. The number of hydrogen-bond donors (Lipinski definition) is 15. The first-order valence-electron chi connectivity index (χ1n) is 30.6. The molecule has 4 fully saturated rings. The number of hydrogen-bond acceptors (Lipinski definition) is 22. The molecule has 31 nitrogen and oxygen atoms in total. The van der Waals surface area contributed by atoms with Gasteiger partial charge in [0.15, 0.2) is 11.5 Å². The third-order valence-corrected chi connectivity index (χ3v) is 17.8. The molecule has 1 aliphatic carbocycles. The van der Waals surface area contributed by atoms with Crippen LogP contribution in [0.4, 0.5) is 0 Å². The molecule has 13 atom stereocenters. The fourth-order valence-corrected chi connectivity index (χ4v) is 12.8. The SMILES string of the molecule is C[C@@H](O)[C@@H]1NC(=O)[C@@H](NC(=O)c2ccc(-c3ccc(-c4noc(C5CCCCC5)n4)cc3)cc2C2=CCNCC2)C[C@@H](O)CNC(=O)[C@@H]2[C@@H](O)[C@@H](C)CN2C(=O)[C@H]([C@H](O)CC(N)=O)NC(=O)[C@H]([C@H](O)Cc2ccc(O)c(OS(=O)(=O)O)c2)NC(=O)[C@@H]2C[C@@H](O)CN2C1=O. The normalized spacial score (nSPS) is 26.8. The Morgan fingerprint density at radius 1 is 0.796 bits per heavy atom. The van der Waals surface area contributed by atoms with Crippen LogP contribution in [-0.2, 0) is 50.4 Å². The summed E-state index contributed by atoms with van der Waals surface area (Å²) < 4.78 is 42.6. The molecular formula is C61H77N11O20S. The lowest BCUT2D eigenvalue weighted by Gasteiger charge is -2.33. The summed E-state index contributed by atoms with van der Waals surface area (Å²) in [4.78, 5) is 121. The van der Waals surface area contributed by atoms with Crippen molar-refractivity contribution in [3.8, 4) is 34.0 Å². The molecule has 16 N–H and O–H groups in total. The van der Waals surface area contributed by atoms with Crippen LogP contribution in [0, 0.1) is 5.92 Å². The zero-order valence-electron chi connectivity index (χ0n) is 50.8. The van der Waals surface area contributed by atoms with E-state index in [-0.39, 0.29) is 17.0 Å². The van der Waals surface area contributed by atoms with Gasteiger partial charge in [-0.25, -0.2) is 0 Å². The van der Waals surface area contributed by atoms with E-state index in [9.17, 15) is 87.1 Å². The van der Waals surface area contributed by atoms with Crippen molar-refractivity contribution in [2.24, 2.45) is 11.7 Å². The van der Waals surface area contributed by atoms with Crippen molar-refractivity contribution >= 4 is 63.2 Å². The Hall–Kier alpha value is -8.47. The van der Waals surface area contributed by atoms with Crippen LogP contribution in [0.15, 0.2) is 71.3 Å². The highest BCUT2D eigenvalue weighted by atomic mass is 32.3. The van der Waals surface area contributed by atoms with Crippen LogP contribution in [0.2, 0.25) is 0 Å². The lowest BCUT2D eigenvalue weighted by Crippen LogP contribution is -2.64. The lowest BCUT2D eigenvalue weighted by atomic mass is 9.89. The van der Waals surface area contributed by atoms with Crippen molar-refractivity contribution in [3.05, 3.63) is 89.3 Å². The van der Waals surface area contributed by atoms with Crippen molar-refractivity contribution in [1.29, 1.82) is 0 Å². The highest BCUT2D eigenvalue weighted by Crippen LogP contribution is 2.35. The zero-order valence-corrected chi connectivity index (χ0v) is 51.6. The van der Waals surface area contributed by atoms with Crippen LogP contribution >= 0.6 is 0 Å². The molecule has 4 aliphatic heterocycles. The number of nitrogens with zero attached hydrogens (tertiary/aromatic N) is 4. The number of phenols is 1. The number of carbonyl (C=O) groups excluding carboxylic acids is 8. The number of benzene rings is 3. The molecule has 0 unspecified atom stereocenters. The number of phenolic OH excluding ortho intramolecular Hbond substituents is 1. The minimum atomic E-state index is -5.25. The maximum absolute atomic E-state index is 14.9. The van der Waals surface area contributed by atoms with Gasteiger partial charge in [-0.1, -0.05) is 73.8 Å². The third kappa shape index (κ3) is 16.7. The van der Waals surface area contributed by atoms with Crippen LogP contribution in [-0.4, -0.2) is 222 Å². The number of nitrogens with one attached hydrogen (secondary N) is 6. The Kier molecular flexibility index (Phi) is 22.0. The average Bonchev–Trinajstić information content (AvgIpc) is 1.82. The van der Waals surface area contributed by atoms with Crippen LogP contribution in [0.1, 0.15) is 105 Å². The van der Waals surface area contributed by atoms with Gasteiger partial charge < -0.3 is 91.9 Å². The Balaban J connectivity index is 1.05. The molecule has 3 saturated heterocycles. The molecule has 3 aromatic carbocycles. The Bertz CT molecular complexity index is 3600. The third-order valence-electron chi connectivity index (χ3n) is 17.4. The molecule has 5 heterocycles. The molecule has 8 amide bonds. The van der Waals surface area contributed by atoms with Gasteiger partial charge in [0.25, 0.3) is 5.91 Å². The summed E-state index contributed by atoms with van der Waals surface area (Å²) in [5.74, 6) is -11.0. The second-order valence-corrected chi connectivity index (χ2v) is 25.3. The van der Waals surface area contributed by atoms with Gasteiger partial charge in [0.05, 0.1) is 43.0 Å². The van der Waals surface area contributed by atoms with E-state index >= 15 is 0 Å². The highest BCUT2D eigenvalue weighted by Gasteiger charge is 2.50. The van der Waals surface area contributed by atoms with Gasteiger partial charge in [0.1, 0.15) is 36.3 Å². The average molecular weight is 1320 g/mol. The van der Waals surface area contributed by atoms with Gasteiger partial charge in [-0.2, -0.15) is 13.4 Å². The first-order valence-corrected chi connectivity index (χ1v) is 32.0. The number of amides is 8. The summed E-state index contributed by atoms with van der Waals surface area (Å²) in [5.41, 5.74) is 8.80. The number of aromatic nitrogens is 2. The number of aromatic hydroxyl groups is 1. The number of β-amino-alcohol motifs (C(OH)–C–C–N with tert-alkyl or cyclic N) is 1. The molecule has 0 spiro atoms. The molecular weight excluding hydrogens is 1240 g/mol. The standard InChI is InChI=1S/C61H77N11O20S/c1-29-27-72-51(52(29)80)58(85)64-26-37(74)23-41(65-54(81)39-14-13-36(22-40(39)33-16-18-63-19-17-33)32-9-11-34(12-10-32)53-69-59(91-70-53)35-6-4-3-5-7-35)55(82)66-48(30(2)73)60(86)71-28-38(75)24-42(71)56(83)67-49(57(84)68-50(61(72)87)45(78)25-47(62)79)44(77)20-31-8-15-43(76)46(21-31)92-93(88,89)90/h8-16,21-22,29-30,35,37-38,41-42,44-45,48-52,63,73-78,80H,3-7,17-20,23-28H2,1-2H3,(H2,62,79)(H,64,85)(H,65,81)(H,66,82)(H,67,83)(H,68,84)(H,88,89,90)/t29-,30+,37+,38+,41-,42-,44+,45+,48-,49-,50-,51-,52-/m0/s1. The number of aliphatic hydroxyl groups is 6. The summed E-state index contributed by atoms with van der Waals surface area (Å²) >= 11 is 0. The molecule has 93 heavy (non-hydrogen) atoms. The van der Waals surface area contributed by atoms with Gasteiger partial charge in [0.2, 0.25) is 53.1 Å². The van der Waals surface area contributed by atoms with E-state index in [2.05, 4.69) is 41.2 Å². The first-order chi connectivity index (χ1) is 44.1. The molecule has 0 bridgehead atoms. The van der Waals surface area contributed by atoms with Crippen LogP contribution in [0.5, 0.6) is 11.5 Å². The number of nitrogens with two attached hydrogens (primary N) is 1. The maximum Gasteiger partial charge on any atom is 0.446 e. The fraction of sp³-hybridized carbons (Fsp3) is 0.508. The van der Waals surface area contributed by atoms with Crippen molar-refractivity contribution in [3.63, 3.8) is 0 Å².